The van der Waals surface area contributed by atoms with Crippen molar-refractivity contribution >= 4 is 28.9 Å². The van der Waals surface area contributed by atoms with Crippen molar-refractivity contribution in [2.45, 2.75) is 101 Å². The third-order valence-electron chi connectivity index (χ3n) is 10.2. The van der Waals surface area contributed by atoms with Gasteiger partial charge >= 0.3 is 12.4 Å². The van der Waals surface area contributed by atoms with E-state index in [9.17, 15) is 46.0 Å². The number of piperidine rings is 2. The summed E-state index contributed by atoms with van der Waals surface area (Å²) in [4.78, 5) is 45.8. The SMILES string of the molecule is CCC[C@H]1N(C(=O)c2ncccc2C(F)(F)F)CCC[C@@]1(Oc1csc(C(F)(F)F)c1)C(=O)N1CCC(C#N)(c2ccccc2COCCCC(C)=O)CC1. The van der Waals surface area contributed by atoms with Crippen molar-refractivity contribution in [2.24, 2.45) is 0 Å². The van der Waals surface area contributed by atoms with E-state index in [1.807, 2.05) is 18.2 Å². The molecule has 2 fully saturated rings. The van der Waals surface area contributed by atoms with Crippen LogP contribution in [0, 0.1) is 11.3 Å². The minimum Gasteiger partial charge on any atom is -0.474 e. The van der Waals surface area contributed by atoms with Crippen molar-refractivity contribution < 1.29 is 50.2 Å². The van der Waals surface area contributed by atoms with E-state index in [-0.39, 0.29) is 69.9 Å². The van der Waals surface area contributed by atoms with Crippen LogP contribution in [-0.4, -0.2) is 70.3 Å². The monoisotopic (exact) mass is 792 g/mol. The Morgan fingerprint density at radius 3 is 2.38 bits per heavy atom. The van der Waals surface area contributed by atoms with Crippen LogP contribution in [0.1, 0.15) is 97.3 Å². The Kier molecular flexibility index (Phi) is 13.0. The molecule has 0 spiro atoms. The second kappa shape index (κ2) is 17.1. The van der Waals surface area contributed by atoms with E-state index in [4.69, 9.17) is 9.47 Å². The molecular formula is C39H42F6N4O5S. The van der Waals surface area contributed by atoms with E-state index < -0.39 is 57.4 Å². The van der Waals surface area contributed by atoms with E-state index in [0.29, 0.717) is 37.2 Å². The second-order valence-corrected chi connectivity index (χ2v) is 14.9. The molecule has 0 unspecified atom stereocenters. The van der Waals surface area contributed by atoms with Gasteiger partial charge in [0.1, 0.15) is 22.1 Å². The van der Waals surface area contributed by atoms with E-state index in [2.05, 4.69) is 11.1 Å². The van der Waals surface area contributed by atoms with Crippen LogP contribution in [0.4, 0.5) is 26.3 Å². The fraction of sp³-hybridized carbons (Fsp3) is 0.513. The Morgan fingerprint density at radius 1 is 1.02 bits per heavy atom. The minimum absolute atomic E-state index is 0.0322. The summed E-state index contributed by atoms with van der Waals surface area (Å²) < 4.78 is 95.5. The first kappa shape index (κ1) is 41.7. The summed E-state index contributed by atoms with van der Waals surface area (Å²) in [5.41, 5.74) is -3.59. The minimum atomic E-state index is -4.91. The molecule has 2 aromatic heterocycles. The van der Waals surface area contributed by atoms with Gasteiger partial charge in [-0.2, -0.15) is 31.6 Å². The van der Waals surface area contributed by atoms with Crippen molar-refractivity contribution in [2.75, 3.05) is 26.2 Å². The first-order valence-electron chi connectivity index (χ1n) is 18.1. The quantitative estimate of drug-likeness (QED) is 0.126. The lowest BCUT2D eigenvalue weighted by Crippen LogP contribution is -2.68. The van der Waals surface area contributed by atoms with E-state index >= 15 is 0 Å². The number of Topliss-reactive ketones (excluding diaryl/α,β-unsaturated/α-hetero) is 1. The summed E-state index contributed by atoms with van der Waals surface area (Å²) in [6.45, 7) is 3.87. The summed E-state index contributed by atoms with van der Waals surface area (Å²) >= 11 is 0.374. The molecule has 0 aliphatic carbocycles. The molecule has 2 aliphatic heterocycles. The standard InChI is InChI=1S/C39H42F6N4O5S/c1-3-9-31-37(54-28-22-32(55-24-28)39(43,44)45,14-8-18-49(31)34(51)33-30(38(40,41)42)13-6-17-47-33)35(52)48-19-15-36(25-46,16-20-48)29-12-5-4-11-27(29)23-53-21-7-10-26(2)50/h4-6,11-13,17,22,24,31H,3,7-10,14-16,18-21,23H2,1-2H3/t31-,37+/m1/s1. The van der Waals surface area contributed by atoms with Crippen LogP contribution in [0.3, 0.4) is 0 Å². The van der Waals surface area contributed by atoms with Gasteiger partial charge in [-0.05, 0) is 62.3 Å². The van der Waals surface area contributed by atoms with E-state index in [1.165, 1.54) is 11.8 Å². The predicted molar refractivity (Wildman–Crippen MR) is 190 cm³/mol. The molecule has 1 aromatic carbocycles. The second-order valence-electron chi connectivity index (χ2n) is 13.9. The van der Waals surface area contributed by atoms with Crippen molar-refractivity contribution in [1.82, 2.24) is 14.8 Å². The highest BCUT2D eigenvalue weighted by atomic mass is 32.1. The van der Waals surface area contributed by atoms with Gasteiger partial charge in [-0.25, -0.2) is 0 Å². The molecule has 0 saturated carbocycles. The van der Waals surface area contributed by atoms with Crippen LogP contribution in [0.5, 0.6) is 5.75 Å². The number of hydrogen-bond acceptors (Lipinski definition) is 8. The third-order valence-corrected chi connectivity index (χ3v) is 11.2. The number of hydrogen-bond donors (Lipinski definition) is 0. The normalized spacial score (nSPS) is 20.2. The Morgan fingerprint density at radius 2 is 1.75 bits per heavy atom. The maximum Gasteiger partial charge on any atom is 0.425 e. The largest absolute Gasteiger partial charge is 0.474 e. The smallest absolute Gasteiger partial charge is 0.425 e. The van der Waals surface area contributed by atoms with Crippen molar-refractivity contribution in [3.05, 3.63) is 81.3 Å². The van der Waals surface area contributed by atoms with E-state index in [1.54, 1.807) is 13.0 Å². The lowest BCUT2D eigenvalue weighted by Gasteiger charge is -2.51. The molecule has 0 N–H and O–H groups in total. The average molecular weight is 793 g/mol. The molecule has 0 bridgehead atoms. The number of likely N-dealkylation sites (tertiary alicyclic amines) is 2. The van der Waals surface area contributed by atoms with Crippen molar-refractivity contribution in [3.8, 4) is 11.8 Å². The molecule has 4 heterocycles. The van der Waals surface area contributed by atoms with Gasteiger partial charge in [0.25, 0.3) is 11.8 Å². The maximum absolute atomic E-state index is 15.0. The Labute approximate surface area is 319 Å². The number of halogens is 6. The Balaban J connectivity index is 1.48. The zero-order valence-electron chi connectivity index (χ0n) is 30.5. The molecule has 2 amide bonds. The lowest BCUT2D eigenvalue weighted by atomic mass is 9.71. The van der Waals surface area contributed by atoms with Gasteiger partial charge in [-0.15, -0.1) is 11.3 Å². The number of thiophene rings is 1. The first-order valence-corrected chi connectivity index (χ1v) is 19.0. The molecule has 0 radical (unpaired) electrons. The maximum atomic E-state index is 15.0. The number of pyridine rings is 1. The molecule has 55 heavy (non-hydrogen) atoms. The van der Waals surface area contributed by atoms with Crippen molar-refractivity contribution in [3.63, 3.8) is 0 Å². The van der Waals surface area contributed by atoms with Gasteiger partial charge in [0.15, 0.2) is 0 Å². The summed E-state index contributed by atoms with van der Waals surface area (Å²) in [6.07, 6.45) is -6.73. The number of ether oxygens (including phenoxy) is 2. The Hall–Kier alpha value is -4.49. The van der Waals surface area contributed by atoms with Crippen LogP contribution in [-0.2, 0) is 38.7 Å². The predicted octanol–water partition coefficient (Wildman–Crippen LogP) is 8.37. The summed E-state index contributed by atoms with van der Waals surface area (Å²) in [5, 5.41) is 11.7. The van der Waals surface area contributed by atoms with Crippen LogP contribution in [0.15, 0.2) is 54.0 Å². The van der Waals surface area contributed by atoms with Crippen molar-refractivity contribution in [1.29, 1.82) is 5.26 Å². The highest BCUT2D eigenvalue weighted by molar-refractivity contribution is 7.10. The summed E-state index contributed by atoms with van der Waals surface area (Å²) in [7, 11) is 0. The first-order chi connectivity index (χ1) is 26.1. The zero-order valence-corrected chi connectivity index (χ0v) is 31.3. The number of carbonyl (C=O) groups is 3. The van der Waals surface area contributed by atoms with E-state index in [0.717, 1.165) is 45.8 Å². The number of benzene rings is 1. The summed E-state index contributed by atoms with van der Waals surface area (Å²) in [5.74, 6) is -1.90. The van der Waals surface area contributed by atoms with Crippen LogP contribution < -0.4 is 4.74 Å². The zero-order chi connectivity index (χ0) is 40.0. The number of alkyl halides is 6. The topological polar surface area (TPSA) is 113 Å². The van der Waals surface area contributed by atoms with Gasteiger partial charge in [0.05, 0.1) is 29.7 Å². The lowest BCUT2D eigenvalue weighted by molar-refractivity contribution is -0.160. The number of nitriles is 1. The van der Waals surface area contributed by atoms with Gasteiger partial charge in [0.2, 0.25) is 5.60 Å². The summed E-state index contributed by atoms with van der Waals surface area (Å²) in [6, 6.07) is 11.2. The molecule has 9 nitrogen and oxygen atoms in total. The van der Waals surface area contributed by atoms with Crippen LogP contribution >= 0.6 is 11.3 Å². The fourth-order valence-corrected chi connectivity index (χ4v) is 8.27. The number of aromatic nitrogens is 1. The Bertz CT molecular complexity index is 1880. The molecule has 2 saturated heterocycles. The van der Waals surface area contributed by atoms with Crippen LogP contribution in [0.25, 0.3) is 0 Å². The number of carbonyl (C=O) groups excluding carboxylic acids is 3. The van der Waals surface area contributed by atoms with Gasteiger partial charge in [-0.1, -0.05) is 37.6 Å². The molecule has 5 rings (SSSR count). The molecule has 16 heteroatoms. The van der Waals surface area contributed by atoms with Crippen LogP contribution in [0.2, 0.25) is 0 Å². The number of ketones is 1. The van der Waals surface area contributed by atoms with Gasteiger partial charge in [-0.3, -0.25) is 14.6 Å². The molecular weight excluding hydrogens is 751 g/mol. The third kappa shape index (κ3) is 9.15. The highest BCUT2D eigenvalue weighted by Gasteiger charge is 2.57. The van der Waals surface area contributed by atoms with Gasteiger partial charge in [0, 0.05) is 56.7 Å². The number of nitrogens with zero attached hydrogens (tertiary/aromatic N) is 4. The molecule has 3 aromatic rings. The fourth-order valence-electron chi connectivity index (χ4n) is 7.59. The molecule has 296 valence electrons. The highest BCUT2D eigenvalue weighted by Crippen LogP contribution is 2.44. The number of rotatable bonds is 13. The molecule has 2 atom stereocenters. The molecule has 2 aliphatic rings. The number of amides is 2. The average Bonchev–Trinajstić information content (AvgIpc) is 3.64. The van der Waals surface area contributed by atoms with Gasteiger partial charge < -0.3 is 24.1 Å².